The van der Waals surface area contributed by atoms with Crippen molar-refractivity contribution in [2.24, 2.45) is 4.99 Å². The van der Waals surface area contributed by atoms with Gasteiger partial charge in [0.05, 0.1) is 0 Å². The minimum absolute atomic E-state index is 0. The van der Waals surface area contributed by atoms with Gasteiger partial charge in [-0.15, -0.1) is 30.6 Å². The maximum absolute atomic E-state index is 4.27. The quantitative estimate of drug-likeness (QED) is 0.189. The minimum atomic E-state index is 0. The van der Waals surface area contributed by atoms with E-state index in [-0.39, 0.29) is 24.0 Å². The smallest absolute Gasteiger partial charge is 0.191 e. The summed E-state index contributed by atoms with van der Waals surface area (Å²) in [6.07, 6.45) is 4.63. The highest BCUT2D eigenvalue weighted by Gasteiger charge is 2.11. The summed E-state index contributed by atoms with van der Waals surface area (Å²) < 4.78 is 0. The van der Waals surface area contributed by atoms with Crippen LogP contribution in [0.25, 0.3) is 0 Å². The number of thioether (sulfide) groups is 1. The molecule has 1 fully saturated rings. The van der Waals surface area contributed by atoms with Gasteiger partial charge < -0.3 is 10.6 Å². The average molecular weight is 474 g/mol. The summed E-state index contributed by atoms with van der Waals surface area (Å²) in [6, 6.07) is 8.92. The van der Waals surface area contributed by atoms with E-state index in [1.54, 1.807) is 0 Å². The molecule has 4 nitrogen and oxygen atoms in total. The van der Waals surface area contributed by atoms with Crippen LogP contribution in [-0.4, -0.2) is 49.0 Å². The molecule has 0 bridgehead atoms. The normalized spacial score (nSPS) is 14.8. The molecule has 1 heterocycles. The van der Waals surface area contributed by atoms with Crippen molar-refractivity contribution in [2.45, 2.75) is 25.9 Å². The fourth-order valence-corrected chi connectivity index (χ4v) is 3.36. The van der Waals surface area contributed by atoms with Crippen LogP contribution in [0.2, 0.25) is 0 Å². The second-order valence-electron chi connectivity index (χ2n) is 6.02. The third-order valence-electron chi connectivity index (χ3n) is 4.09. The molecule has 1 aliphatic rings. The number of likely N-dealkylation sites (tertiary alicyclic amines) is 1. The Labute approximate surface area is 174 Å². The fourth-order valence-electron chi connectivity index (χ4n) is 2.78. The Hall–Kier alpha value is -0.730. The van der Waals surface area contributed by atoms with Crippen LogP contribution in [0.3, 0.4) is 0 Å². The number of nitrogens with zero attached hydrogens (tertiary/aromatic N) is 2. The number of rotatable bonds is 9. The van der Waals surface area contributed by atoms with Crippen LogP contribution in [0.15, 0.2) is 41.9 Å². The number of guanidine groups is 1. The lowest BCUT2D eigenvalue weighted by molar-refractivity contribution is 0.331. The van der Waals surface area contributed by atoms with E-state index in [2.05, 4.69) is 51.4 Å². The molecule has 0 radical (unpaired) electrons. The molecule has 1 aliphatic heterocycles. The van der Waals surface area contributed by atoms with Gasteiger partial charge in [-0.2, -0.15) is 11.8 Å². The van der Waals surface area contributed by atoms with Crippen LogP contribution in [0.5, 0.6) is 0 Å². The molecule has 0 atom stereocenters. The maximum atomic E-state index is 4.27. The van der Waals surface area contributed by atoms with Gasteiger partial charge in [0, 0.05) is 38.2 Å². The Kier molecular flexibility index (Phi) is 12.0. The SMILES string of the molecule is C=CCSCCNC(=NC)NCc1ccc(CN2CCCC2)cc1.I. The standard InChI is InChI=1S/C19H30N4S.HI/c1-3-13-24-14-10-21-19(20-2)22-15-17-6-8-18(9-7-17)16-23-11-4-5-12-23;/h3,6-9H,1,4-5,10-16H2,2H3,(H2,20,21,22);1H. The second-order valence-corrected chi connectivity index (χ2v) is 7.17. The molecule has 0 aromatic heterocycles. The lowest BCUT2D eigenvalue weighted by Crippen LogP contribution is -2.37. The van der Waals surface area contributed by atoms with Gasteiger partial charge in [0.25, 0.3) is 0 Å². The van der Waals surface area contributed by atoms with Crippen LogP contribution in [0.1, 0.15) is 24.0 Å². The van der Waals surface area contributed by atoms with Gasteiger partial charge in [0.2, 0.25) is 0 Å². The van der Waals surface area contributed by atoms with E-state index >= 15 is 0 Å². The molecule has 0 unspecified atom stereocenters. The van der Waals surface area contributed by atoms with Gasteiger partial charge >= 0.3 is 0 Å². The summed E-state index contributed by atoms with van der Waals surface area (Å²) in [5, 5.41) is 6.70. The first-order chi connectivity index (χ1) is 11.8. The molecule has 1 aromatic carbocycles. The molecule has 0 aliphatic carbocycles. The zero-order valence-corrected chi connectivity index (χ0v) is 18.3. The van der Waals surface area contributed by atoms with Gasteiger partial charge in [-0.05, 0) is 37.1 Å². The molecule has 0 spiro atoms. The molecule has 2 rings (SSSR count). The average Bonchev–Trinajstić information content (AvgIpc) is 3.12. The molecule has 25 heavy (non-hydrogen) atoms. The first-order valence-corrected chi connectivity index (χ1v) is 9.90. The first-order valence-electron chi connectivity index (χ1n) is 8.75. The summed E-state index contributed by atoms with van der Waals surface area (Å²) in [4.78, 5) is 6.80. The zero-order chi connectivity index (χ0) is 17.0. The van der Waals surface area contributed by atoms with Gasteiger partial charge in [-0.25, -0.2) is 0 Å². The monoisotopic (exact) mass is 474 g/mol. The molecular weight excluding hydrogens is 443 g/mol. The van der Waals surface area contributed by atoms with Crippen molar-refractivity contribution in [3.8, 4) is 0 Å². The van der Waals surface area contributed by atoms with E-state index < -0.39 is 0 Å². The Morgan fingerprint density at radius 2 is 1.88 bits per heavy atom. The highest BCUT2D eigenvalue weighted by Crippen LogP contribution is 2.13. The van der Waals surface area contributed by atoms with Crippen LogP contribution in [0, 0.1) is 0 Å². The highest BCUT2D eigenvalue weighted by atomic mass is 127. The maximum Gasteiger partial charge on any atom is 0.191 e. The van der Waals surface area contributed by atoms with Crippen LogP contribution >= 0.6 is 35.7 Å². The van der Waals surface area contributed by atoms with Crippen molar-refractivity contribution in [3.05, 3.63) is 48.0 Å². The van der Waals surface area contributed by atoms with Crippen molar-refractivity contribution < 1.29 is 0 Å². The summed E-state index contributed by atoms with van der Waals surface area (Å²) in [6.45, 7) is 9.01. The number of nitrogens with one attached hydrogen (secondary N) is 2. The topological polar surface area (TPSA) is 39.7 Å². The van der Waals surface area contributed by atoms with Gasteiger partial charge in [0.1, 0.15) is 0 Å². The lowest BCUT2D eigenvalue weighted by atomic mass is 10.1. The zero-order valence-electron chi connectivity index (χ0n) is 15.2. The molecular formula is C19H31IN4S. The third-order valence-corrected chi connectivity index (χ3v) is 5.05. The minimum Gasteiger partial charge on any atom is -0.356 e. The largest absolute Gasteiger partial charge is 0.356 e. The Morgan fingerprint density at radius 3 is 2.52 bits per heavy atom. The van der Waals surface area contributed by atoms with Crippen LogP contribution < -0.4 is 10.6 Å². The number of aliphatic imine (C=N–C) groups is 1. The number of benzene rings is 1. The molecule has 140 valence electrons. The number of hydrogen-bond donors (Lipinski definition) is 2. The highest BCUT2D eigenvalue weighted by molar-refractivity contribution is 14.0. The molecule has 1 aromatic rings. The predicted molar refractivity (Wildman–Crippen MR) is 122 cm³/mol. The summed E-state index contributed by atoms with van der Waals surface area (Å²) in [5.74, 6) is 2.91. The lowest BCUT2D eigenvalue weighted by Gasteiger charge is -2.15. The van der Waals surface area contributed by atoms with E-state index in [1.807, 2.05) is 24.9 Å². The van der Waals surface area contributed by atoms with Crippen LogP contribution in [-0.2, 0) is 13.1 Å². The molecule has 6 heteroatoms. The third kappa shape index (κ3) is 8.96. The van der Waals surface area contributed by atoms with Gasteiger partial charge in [-0.1, -0.05) is 30.3 Å². The first kappa shape index (κ1) is 22.3. The van der Waals surface area contributed by atoms with Crippen molar-refractivity contribution in [3.63, 3.8) is 0 Å². The Balaban J connectivity index is 0.00000312. The van der Waals surface area contributed by atoms with E-state index in [1.165, 1.54) is 37.1 Å². The van der Waals surface area contributed by atoms with Crippen molar-refractivity contribution in [2.75, 3.05) is 38.2 Å². The predicted octanol–water partition coefficient (Wildman–Crippen LogP) is 3.48. The number of hydrogen-bond acceptors (Lipinski definition) is 3. The summed E-state index contributed by atoms with van der Waals surface area (Å²) in [7, 11) is 1.81. The molecule has 0 saturated carbocycles. The Morgan fingerprint density at radius 1 is 1.20 bits per heavy atom. The van der Waals surface area contributed by atoms with E-state index in [0.717, 1.165) is 37.1 Å². The van der Waals surface area contributed by atoms with Gasteiger partial charge in [0.15, 0.2) is 5.96 Å². The molecule has 2 N–H and O–H groups in total. The number of halogens is 1. The fraction of sp³-hybridized carbons (Fsp3) is 0.526. The van der Waals surface area contributed by atoms with Crippen LogP contribution in [0.4, 0.5) is 0 Å². The van der Waals surface area contributed by atoms with Gasteiger partial charge in [-0.3, -0.25) is 9.89 Å². The second kappa shape index (κ2) is 13.5. The van der Waals surface area contributed by atoms with Crippen molar-refractivity contribution in [1.29, 1.82) is 0 Å². The summed E-state index contributed by atoms with van der Waals surface area (Å²) in [5.41, 5.74) is 2.69. The van der Waals surface area contributed by atoms with Crippen molar-refractivity contribution in [1.82, 2.24) is 15.5 Å². The molecule has 1 saturated heterocycles. The summed E-state index contributed by atoms with van der Waals surface area (Å²) >= 11 is 1.87. The van der Waals surface area contributed by atoms with E-state index in [4.69, 9.17) is 0 Å². The van der Waals surface area contributed by atoms with Crippen molar-refractivity contribution >= 4 is 41.7 Å². The van der Waals surface area contributed by atoms with E-state index in [9.17, 15) is 0 Å². The Bertz CT molecular complexity index is 513. The van der Waals surface area contributed by atoms with E-state index in [0.29, 0.717) is 0 Å². The molecule has 0 amide bonds.